The van der Waals surface area contributed by atoms with Crippen LogP contribution in [0.2, 0.25) is 5.02 Å². The summed E-state index contributed by atoms with van der Waals surface area (Å²) in [5, 5.41) is 4.66. The number of rotatable bonds is 6. The molecule has 0 bridgehead atoms. The van der Waals surface area contributed by atoms with E-state index in [1.165, 1.54) is 6.07 Å². The normalized spacial score (nSPS) is 17.9. The van der Waals surface area contributed by atoms with E-state index in [1.54, 1.807) is 42.6 Å². The first-order valence-electron chi connectivity index (χ1n) is 11.4. The van der Waals surface area contributed by atoms with Gasteiger partial charge in [0.25, 0.3) is 0 Å². The van der Waals surface area contributed by atoms with E-state index in [1.807, 2.05) is 6.07 Å². The molecule has 5 rings (SSSR count). The Balaban J connectivity index is 1.33. The summed E-state index contributed by atoms with van der Waals surface area (Å²) in [6, 6.07) is 15.4. The van der Waals surface area contributed by atoms with Gasteiger partial charge in [-0.1, -0.05) is 29.8 Å². The van der Waals surface area contributed by atoms with E-state index in [2.05, 4.69) is 20.0 Å². The maximum absolute atomic E-state index is 15.0. The molecule has 4 N–H and O–H groups in total. The third-order valence-electron chi connectivity index (χ3n) is 6.16. The van der Waals surface area contributed by atoms with E-state index in [9.17, 15) is 8.78 Å². The maximum Gasteiger partial charge on any atom is 0.223 e. The topological polar surface area (TPSA) is 75.9 Å². The summed E-state index contributed by atoms with van der Waals surface area (Å²) >= 11 is 7.25. The average molecular weight is 512 g/mol. The first kappa shape index (κ1) is 23.8. The quantitative estimate of drug-likeness (QED) is 0.241. The smallest absolute Gasteiger partial charge is 0.223 e. The lowest BCUT2D eigenvalue weighted by Gasteiger charge is -2.26. The van der Waals surface area contributed by atoms with Crippen molar-refractivity contribution in [3.05, 3.63) is 77.5 Å². The first-order valence-corrected chi connectivity index (χ1v) is 12.6. The fourth-order valence-corrected chi connectivity index (χ4v) is 5.14. The Hall–Kier alpha value is -2.94. The molecule has 0 saturated heterocycles. The van der Waals surface area contributed by atoms with E-state index in [0.717, 1.165) is 54.6 Å². The molecule has 1 saturated carbocycles. The number of fused-ring (bicyclic) bond motifs is 1. The van der Waals surface area contributed by atoms with Crippen molar-refractivity contribution in [3.8, 4) is 11.1 Å². The number of nitrogens with two attached hydrogens (primary N) is 1. The zero-order valence-corrected chi connectivity index (χ0v) is 20.3. The molecule has 4 aromatic rings. The van der Waals surface area contributed by atoms with Crippen LogP contribution in [0, 0.1) is 11.6 Å². The Kier molecular flexibility index (Phi) is 7.04. The van der Waals surface area contributed by atoms with Gasteiger partial charge in [0.15, 0.2) is 0 Å². The van der Waals surface area contributed by atoms with Gasteiger partial charge >= 0.3 is 0 Å². The predicted molar refractivity (Wildman–Crippen MR) is 140 cm³/mol. The highest BCUT2D eigenvalue weighted by molar-refractivity contribution is 8.00. The highest BCUT2D eigenvalue weighted by Gasteiger charge is 2.19. The van der Waals surface area contributed by atoms with Crippen molar-refractivity contribution in [3.63, 3.8) is 0 Å². The molecule has 1 aliphatic carbocycles. The van der Waals surface area contributed by atoms with Crippen LogP contribution in [-0.2, 0) is 0 Å². The molecule has 9 heteroatoms. The van der Waals surface area contributed by atoms with Crippen LogP contribution in [0.15, 0.2) is 65.7 Å². The molecule has 180 valence electrons. The number of aromatic nitrogens is 2. The van der Waals surface area contributed by atoms with Crippen LogP contribution < -0.4 is 15.8 Å². The van der Waals surface area contributed by atoms with Crippen LogP contribution in [0.25, 0.3) is 22.0 Å². The second-order valence-corrected chi connectivity index (χ2v) is 9.92. The molecular weight excluding hydrogens is 488 g/mol. The Morgan fingerprint density at radius 1 is 0.971 bits per heavy atom. The van der Waals surface area contributed by atoms with E-state index in [4.69, 9.17) is 17.3 Å². The van der Waals surface area contributed by atoms with E-state index < -0.39 is 11.6 Å². The third kappa shape index (κ3) is 5.50. The largest absolute Gasteiger partial charge is 0.351 e. The molecule has 1 fully saturated rings. The van der Waals surface area contributed by atoms with Crippen molar-refractivity contribution in [2.24, 2.45) is 5.73 Å². The van der Waals surface area contributed by atoms with Gasteiger partial charge in [-0.3, -0.25) is 0 Å². The van der Waals surface area contributed by atoms with Crippen molar-refractivity contribution in [2.75, 3.05) is 10.0 Å². The number of halogens is 3. The average Bonchev–Trinajstić information content (AvgIpc) is 2.86. The standard InChI is InChI=1S/C26H24ClF2N5S/c27-20-3-1-2-4-25(20)35-34-24-13-21(28)19(12-22(24)29)15-5-10-23-16(11-15)14-31-26(33-23)32-18-8-6-17(30)7-9-18/h1-5,10-14,17-18,34H,6-9,30H2,(H,31,32,33)/t17-,18-. The summed E-state index contributed by atoms with van der Waals surface area (Å²) in [6.45, 7) is 0. The zero-order chi connectivity index (χ0) is 24.4. The van der Waals surface area contributed by atoms with Gasteiger partial charge in [0.05, 0.1) is 16.2 Å². The molecule has 0 aliphatic heterocycles. The maximum atomic E-state index is 15.0. The number of benzene rings is 3. The first-order chi connectivity index (χ1) is 17.0. The monoisotopic (exact) mass is 511 g/mol. The summed E-state index contributed by atoms with van der Waals surface area (Å²) in [7, 11) is 0. The lowest BCUT2D eigenvalue weighted by Crippen LogP contribution is -2.33. The van der Waals surface area contributed by atoms with Gasteiger partial charge in [-0.25, -0.2) is 18.7 Å². The van der Waals surface area contributed by atoms with E-state index >= 15 is 0 Å². The van der Waals surface area contributed by atoms with Crippen molar-refractivity contribution in [1.82, 2.24) is 9.97 Å². The molecule has 1 heterocycles. The van der Waals surface area contributed by atoms with Crippen LogP contribution in [0.1, 0.15) is 25.7 Å². The van der Waals surface area contributed by atoms with Crippen LogP contribution >= 0.6 is 23.5 Å². The van der Waals surface area contributed by atoms with Crippen molar-refractivity contribution >= 4 is 46.1 Å². The number of anilines is 2. The van der Waals surface area contributed by atoms with Crippen molar-refractivity contribution in [2.45, 2.75) is 42.7 Å². The fourth-order valence-electron chi connectivity index (χ4n) is 4.20. The van der Waals surface area contributed by atoms with E-state index in [-0.39, 0.29) is 17.3 Å². The molecule has 1 aliphatic rings. The van der Waals surface area contributed by atoms with Crippen LogP contribution in [0.5, 0.6) is 0 Å². The molecule has 0 radical (unpaired) electrons. The molecule has 0 atom stereocenters. The van der Waals surface area contributed by atoms with Crippen LogP contribution in [0.4, 0.5) is 20.4 Å². The van der Waals surface area contributed by atoms with Crippen molar-refractivity contribution < 1.29 is 8.78 Å². The SMILES string of the molecule is N[C@H]1CC[C@H](Nc2ncc3cc(-c4cc(F)c(NSc5ccccc5Cl)cc4F)ccc3n2)CC1. The minimum atomic E-state index is -0.566. The highest BCUT2D eigenvalue weighted by Crippen LogP contribution is 2.33. The number of hydrogen-bond acceptors (Lipinski definition) is 6. The Labute approximate surface area is 211 Å². The zero-order valence-electron chi connectivity index (χ0n) is 18.8. The number of nitrogens with zero attached hydrogens (tertiary/aromatic N) is 2. The number of hydrogen-bond donors (Lipinski definition) is 3. The molecule has 5 nitrogen and oxygen atoms in total. The minimum absolute atomic E-state index is 0.0414. The van der Waals surface area contributed by atoms with Gasteiger partial charge < -0.3 is 15.8 Å². The summed E-state index contributed by atoms with van der Waals surface area (Å²) in [4.78, 5) is 9.73. The Morgan fingerprint density at radius 3 is 2.57 bits per heavy atom. The highest BCUT2D eigenvalue weighted by atomic mass is 35.5. The molecular formula is C26H24ClF2N5S. The van der Waals surface area contributed by atoms with Gasteiger partial charge in [-0.15, -0.1) is 0 Å². The van der Waals surface area contributed by atoms with Gasteiger partial charge in [-0.2, -0.15) is 0 Å². The fraction of sp³-hybridized carbons (Fsp3) is 0.231. The second-order valence-electron chi connectivity index (χ2n) is 8.67. The van der Waals surface area contributed by atoms with Gasteiger partial charge in [-0.05, 0) is 73.5 Å². The minimum Gasteiger partial charge on any atom is -0.351 e. The van der Waals surface area contributed by atoms with Gasteiger partial charge in [0, 0.05) is 40.2 Å². The lowest BCUT2D eigenvalue weighted by atomic mass is 9.92. The molecule has 0 unspecified atom stereocenters. The van der Waals surface area contributed by atoms with Crippen LogP contribution in [0.3, 0.4) is 0 Å². The molecule has 3 aromatic carbocycles. The lowest BCUT2D eigenvalue weighted by molar-refractivity contribution is 0.410. The van der Waals surface area contributed by atoms with E-state index in [0.29, 0.717) is 27.5 Å². The summed E-state index contributed by atoms with van der Waals surface area (Å²) < 4.78 is 32.6. The Bertz CT molecular complexity index is 1360. The molecule has 0 spiro atoms. The van der Waals surface area contributed by atoms with Gasteiger partial charge in [0.1, 0.15) is 11.6 Å². The predicted octanol–water partition coefficient (Wildman–Crippen LogP) is 7.03. The third-order valence-corrected chi connectivity index (χ3v) is 7.50. The summed E-state index contributed by atoms with van der Waals surface area (Å²) in [5.41, 5.74) is 7.46. The molecule has 0 amide bonds. The Morgan fingerprint density at radius 2 is 1.77 bits per heavy atom. The second kappa shape index (κ2) is 10.4. The summed E-state index contributed by atoms with van der Waals surface area (Å²) in [5.74, 6) is -0.541. The molecule has 35 heavy (non-hydrogen) atoms. The van der Waals surface area contributed by atoms with Crippen LogP contribution in [-0.4, -0.2) is 22.1 Å². The van der Waals surface area contributed by atoms with Gasteiger partial charge in [0.2, 0.25) is 5.95 Å². The van der Waals surface area contributed by atoms with Crippen molar-refractivity contribution in [1.29, 1.82) is 0 Å². The number of nitrogens with one attached hydrogen (secondary N) is 2. The molecule has 1 aromatic heterocycles. The summed E-state index contributed by atoms with van der Waals surface area (Å²) in [6.07, 6.45) is 5.67.